The molecule has 5 heteroatoms. The molecular formula is C15H20BrNO3. The van der Waals surface area contributed by atoms with E-state index in [2.05, 4.69) is 15.9 Å². The summed E-state index contributed by atoms with van der Waals surface area (Å²) in [6.45, 7) is 0. The summed E-state index contributed by atoms with van der Waals surface area (Å²) in [6, 6.07) is 5.24. The van der Waals surface area contributed by atoms with Crippen molar-refractivity contribution >= 4 is 21.8 Å². The lowest BCUT2D eigenvalue weighted by Crippen LogP contribution is -2.46. The summed E-state index contributed by atoms with van der Waals surface area (Å²) in [5.41, 5.74) is 0.524. The number of halogens is 1. The van der Waals surface area contributed by atoms with E-state index in [9.17, 15) is 9.90 Å². The molecule has 0 aliphatic heterocycles. The second-order valence-corrected chi connectivity index (χ2v) is 6.10. The molecule has 0 spiro atoms. The fraction of sp³-hybridized carbons (Fsp3) is 0.533. The molecule has 1 fully saturated rings. The average Bonchev–Trinajstić information content (AvgIpc) is 2.46. The van der Waals surface area contributed by atoms with Gasteiger partial charge in [0.15, 0.2) is 0 Å². The van der Waals surface area contributed by atoms with Crippen LogP contribution in [0.4, 0.5) is 0 Å². The van der Waals surface area contributed by atoms with Gasteiger partial charge in [-0.05, 0) is 31.0 Å². The number of hydrogen-bond acceptors (Lipinski definition) is 3. The van der Waals surface area contributed by atoms with Crippen LogP contribution in [0.2, 0.25) is 0 Å². The van der Waals surface area contributed by atoms with Crippen molar-refractivity contribution in [2.24, 2.45) is 0 Å². The van der Waals surface area contributed by atoms with E-state index in [0.717, 1.165) is 30.2 Å². The Bertz CT molecular complexity index is 492. The highest BCUT2D eigenvalue weighted by atomic mass is 79.9. The number of carbonyl (C=O) groups is 1. The summed E-state index contributed by atoms with van der Waals surface area (Å²) in [5.74, 6) is 0.432. The summed E-state index contributed by atoms with van der Waals surface area (Å²) < 4.78 is 6.14. The minimum atomic E-state index is -0.431. The lowest BCUT2D eigenvalue weighted by atomic mass is 9.91. The number of hydrogen-bond donors (Lipinski definition) is 1. The summed E-state index contributed by atoms with van der Waals surface area (Å²) >= 11 is 3.36. The maximum Gasteiger partial charge on any atom is 0.257 e. The first-order chi connectivity index (χ1) is 9.54. The fourth-order valence-electron chi connectivity index (χ4n) is 2.73. The van der Waals surface area contributed by atoms with E-state index in [1.165, 1.54) is 0 Å². The zero-order valence-corrected chi connectivity index (χ0v) is 13.4. The molecule has 1 amide bonds. The average molecular weight is 342 g/mol. The van der Waals surface area contributed by atoms with Gasteiger partial charge in [-0.25, -0.2) is 0 Å². The Morgan fingerprint density at radius 3 is 2.75 bits per heavy atom. The Balaban J connectivity index is 2.22. The Labute approximate surface area is 127 Å². The highest BCUT2D eigenvalue weighted by Gasteiger charge is 2.30. The van der Waals surface area contributed by atoms with Gasteiger partial charge in [-0.3, -0.25) is 4.79 Å². The van der Waals surface area contributed by atoms with Crippen molar-refractivity contribution in [1.29, 1.82) is 0 Å². The normalized spacial score (nSPS) is 22.4. The lowest BCUT2D eigenvalue weighted by Gasteiger charge is -2.35. The minimum absolute atomic E-state index is 0.107. The number of aliphatic hydroxyl groups excluding tert-OH is 1. The van der Waals surface area contributed by atoms with Crippen LogP contribution in [0.15, 0.2) is 22.7 Å². The monoisotopic (exact) mass is 341 g/mol. The number of methoxy groups -OCH3 is 1. The number of aliphatic hydroxyl groups is 1. The second kappa shape index (κ2) is 6.59. The molecule has 1 aliphatic carbocycles. The van der Waals surface area contributed by atoms with Crippen molar-refractivity contribution in [3.8, 4) is 5.75 Å². The highest BCUT2D eigenvalue weighted by Crippen LogP contribution is 2.28. The van der Waals surface area contributed by atoms with Crippen LogP contribution in [0, 0.1) is 0 Å². The minimum Gasteiger partial charge on any atom is -0.496 e. The van der Waals surface area contributed by atoms with Crippen molar-refractivity contribution in [2.75, 3.05) is 14.2 Å². The molecule has 2 unspecified atom stereocenters. The number of benzene rings is 1. The van der Waals surface area contributed by atoms with Gasteiger partial charge in [0.2, 0.25) is 0 Å². The molecule has 1 aliphatic rings. The third-order valence-electron chi connectivity index (χ3n) is 3.91. The maximum atomic E-state index is 12.6. The van der Waals surface area contributed by atoms with Gasteiger partial charge in [0.05, 0.1) is 24.8 Å². The van der Waals surface area contributed by atoms with E-state index in [1.54, 1.807) is 31.2 Å². The SMILES string of the molecule is COc1cc(Br)ccc1C(=O)N(C)C1CCCCC1O. The van der Waals surface area contributed by atoms with Crippen molar-refractivity contribution in [3.05, 3.63) is 28.2 Å². The van der Waals surface area contributed by atoms with Crippen LogP contribution in [-0.4, -0.2) is 42.2 Å². The van der Waals surface area contributed by atoms with Crippen LogP contribution in [0.25, 0.3) is 0 Å². The van der Waals surface area contributed by atoms with Crippen LogP contribution in [0.5, 0.6) is 5.75 Å². The number of likely N-dealkylation sites (N-methyl/N-ethyl adjacent to an activating group) is 1. The molecular weight excluding hydrogens is 322 g/mol. The van der Waals surface area contributed by atoms with Crippen molar-refractivity contribution in [1.82, 2.24) is 4.90 Å². The Kier molecular flexibility index (Phi) is 5.05. The first-order valence-electron chi connectivity index (χ1n) is 6.83. The topological polar surface area (TPSA) is 49.8 Å². The number of nitrogens with zero attached hydrogens (tertiary/aromatic N) is 1. The molecule has 2 atom stereocenters. The summed E-state index contributed by atoms with van der Waals surface area (Å²) in [4.78, 5) is 14.2. The number of amides is 1. The standard InChI is InChI=1S/C15H20BrNO3/c1-17(12-5-3-4-6-13(12)18)15(19)11-8-7-10(16)9-14(11)20-2/h7-9,12-13,18H,3-6H2,1-2H3. The van der Waals surface area contributed by atoms with Gasteiger partial charge in [-0.1, -0.05) is 28.8 Å². The van der Waals surface area contributed by atoms with Crippen molar-refractivity contribution in [2.45, 2.75) is 37.8 Å². The van der Waals surface area contributed by atoms with E-state index in [1.807, 2.05) is 6.07 Å². The smallest absolute Gasteiger partial charge is 0.257 e. The van der Waals surface area contributed by atoms with Gasteiger partial charge < -0.3 is 14.7 Å². The van der Waals surface area contributed by atoms with Crippen LogP contribution in [0.1, 0.15) is 36.0 Å². The molecule has 1 N–H and O–H groups in total. The van der Waals surface area contributed by atoms with Crippen molar-refractivity contribution < 1.29 is 14.6 Å². The third kappa shape index (κ3) is 3.15. The molecule has 0 bridgehead atoms. The highest BCUT2D eigenvalue weighted by molar-refractivity contribution is 9.10. The molecule has 0 saturated heterocycles. The Hall–Kier alpha value is -1.07. The van der Waals surface area contributed by atoms with Gasteiger partial charge in [-0.15, -0.1) is 0 Å². The summed E-state index contributed by atoms with van der Waals surface area (Å²) in [6.07, 6.45) is 3.26. The Morgan fingerprint density at radius 2 is 2.10 bits per heavy atom. The van der Waals surface area contributed by atoms with Gasteiger partial charge in [0.25, 0.3) is 5.91 Å². The summed E-state index contributed by atoms with van der Waals surface area (Å²) in [5, 5.41) is 10.1. The van der Waals surface area contributed by atoms with E-state index in [4.69, 9.17) is 4.74 Å². The molecule has 110 valence electrons. The first-order valence-corrected chi connectivity index (χ1v) is 7.62. The predicted molar refractivity (Wildman–Crippen MR) is 81.1 cm³/mol. The van der Waals surface area contributed by atoms with Crippen LogP contribution >= 0.6 is 15.9 Å². The second-order valence-electron chi connectivity index (χ2n) is 5.18. The number of carbonyl (C=O) groups excluding carboxylic acids is 1. The lowest BCUT2D eigenvalue weighted by molar-refractivity contribution is 0.0266. The number of rotatable bonds is 3. The molecule has 0 radical (unpaired) electrons. The van der Waals surface area contributed by atoms with E-state index in [0.29, 0.717) is 11.3 Å². The first kappa shape index (κ1) is 15.3. The predicted octanol–water partition coefficient (Wildman–Crippen LogP) is 2.83. The zero-order chi connectivity index (χ0) is 14.7. The van der Waals surface area contributed by atoms with Crippen molar-refractivity contribution in [3.63, 3.8) is 0 Å². The molecule has 0 aromatic heterocycles. The summed E-state index contributed by atoms with van der Waals surface area (Å²) in [7, 11) is 3.30. The third-order valence-corrected chi connectivity index (χ3v) is 4.40. The maximum absolute atomic E-state index is 12.6. The van der Waals surface area contributed by atoms with Gasteiger partial charge in [0, 0.05) is 11.5 Å². The van der Waals surface area contributed by atoms with E-state index >= 15 is 0 Å². The van der Waals surface area contributed by atoms with Crippen LogP contribution in [-0.2, 0) is 0 Å². The van der Waals surface area contributed by atoms with Gasteiger partial charge >= 0.3 is 0 Å². The zero-order valence-electron chi connectivity index (χ0n) is 11.8. The molecule has 2 rings (SSSR count). The molecule has 4 nitrogen and oxygen atoms in total. The molecule has 1 aromatic rings. The van der Waals surface area contributed by atoms with Gasteiger partial charge in [-0.2, -0.15) is 0 Å². The molecule has 0 heterocycles. The molecule has 1 saturated carbocycles. The number of ether oxygens (including phenoxy) is 1. The molecule has 20 heavy (non-hydrogen) atoms. The van der Waals surface area contributed by atoms with Crippen LogP contribution < -0.4 is 4.74 Å². The van der Waals surface area contributed by atoms with Crippen LogP contribution in [0.3, 0.4) is 0 Å². The molecule has 1 aromatic carbocycles. The quantitative estimate of drug-likeness (QED) is 0.919. The van der Waals surface area contributed by atoms with E-state index in [-0.39, 0.29) is 11.9 Å². The Morgan fingerprint density at radius 1 is 1.40 bits per heavy atom. The largest absolute Gasteiger partial charge is 0.496 e. The fourth-order valence-corrected chi connectivity index (χ4v) is 3.07. The van der Waals surface area contributed by atoms with Gasteiger partial charge in [0.1, 0.15) is 5.75 Å². The van der Waals surface area contributed by atoms with E-state index < -0.39 is 6.10 Å².